The van der Waals surface area contributed by atoms with E-state index in [9.17, 15) is 8.78 Å². The molecule has 0 bridgehead atoms. The third-order valence-electron chi connectivity index (χ3n) is 3.30. The second kappa shape index (κ2) is 7.52. The van der Waals surface area contributed by atoms with Gasteiger partial charge in [0, 0.05) is 11.6 Å². The highest BCUT2D eigenvalue weighted by Gasteiger charge is 2.21. The van der Waals surface area contributed by atoms with Crippen molar-refractivity contribution in [3.8, 4) is 5.75 Å². The number of ether oxygens (including phenoxy) is 1. The monoisotopic (exact) mass is 311 g/mol. The van der Waals surface area contributed by atoms with Crippen LogP contribution in [0.15, 0.2) is 29.6 Å². The molecule has 0 aliphatic rings. The van der Waals surface area contributed by atoms with E-state index in [0.29, 0.717) is 0 Å². The molecule has 1 unspecified atom stereocenters. The average molecular weight is 311 g/mol. The Labute approximate surface area is 127 Å². The maximum absolute atomic E-state index is 13.9. The highest BCUT2D eigenvalue weighted by atomic mass is 32.1. The van der Waals surface area contributed by atoms with Crippen molar-refractivity contribution in [2.75, 3.05) is 13.7 Å². The van der Waals surface area contributed by atoms with Crippen LogP contribution in [0.3, 0.4) is 0 Å². The fourth-order valence-electron chi connectivity index (χ4n) is 2.24. The predicted molar refractivity (Wildman–Crippen MR) is 82.0 cm³/mol. The zero-order chi connectivity index (χ0) is 15.2. The largest absolute Gasteiger partial charge is 0.496 e. The van der Waals surface area contributed by atoms with Crippen LogP contribution in [0.1, 0.15) is 29.8 Å². The molecule has 2 nitrogen and oxygen atoms in total. The maximum Gasteiger partial charge on any atom is 0.134 e. The van der Waals surface area contributed by atoms with E-state index in [1.807, 2.05) is 11.4 Å². The fraction of sp³-hybridized carbons (Fsp3) is 0.375. The van der Waals surface area contributed by atoms with Crippen molar-refractivity contribution in [3.63, 3.8) is 0 Å². The molecule has 1 atom stereocenters. The summed E-state index contributed by atoms with van der Waals surface area (Å²) in [4.78, 5) is 0.966. The Bertz CT molecular complexity index is 565. The molecule has 0 fully saturated rings. The minimum absolute atomic E-state index is 0.113. The number of hydrogen-bond acceptors (Lipinski definition) is 3. The lowest BCUT2D eigenvalue weighted by Gasteiger charge is -2.19. The molecule has 21 heavy (non-hydrogen) atoms. The third-order valence-corrected chi connectivity index (χ3v) is 4.32. The second-order valence-corrected chi connectivity index (χ2v) is 5.71. The summed E-state index contributed by atoms with van der Waals surface area (Å²) in [5.74, 6) is -0.256. The van der Waals surface area contributed by atoms with E-state index in [-0.39, 0.29) is 18.0 Å². The minimum atomic E-state index is -0.506. The lowest BCUT2D eigenvalue weighted by molar-refractivity contribution is 0.400. The Morgan fingerprint density at radius 2 is 1.95 bits per heavy atom. The van der Waals surface area contributed by atoms with Crippen molar-refractivity contribution in [1.29, 1.82) is 0 Å². The molecule has 1 aromatic carbocycles. The van der Waals surface area contributed by atoms with Gasteiger partial charge < -0.3 is 10.1 Å². The van der Waals surface area contributed by atoms with Crippen LogP contribution in [0.5, 0.6) is 5.75 Å². The predicted octanol–water partition coefficient (Wildman–Crippen LogP) is 4.32. The number of halogens is 2. The normalized spacial score (nSPS) is 12.4. The lowest BCUT2D eigenvalue weighted by atomic mass is 10.0. The van der Waals surface area contributed by atoms with Crippen molar-refractivity contribution < 1.29 is 13.5 Å². The van der Waals surface area contributed by atoms with Gasteiger partial charge in [-0.25, -0.2) is 8.78 Å². The first kappa shape index (κ1) is 15.9. The SMILES string of the molecule is CCCNC(Cc1c(F)cccc1F)c1sccc1OC. The van der Waals surface area contributed by atoms with Gasteiger partial charge in [0.25, 0.3) is 0 Å². The molecule has 114 valence electrons. The first-order chi connectivity index (χ1) is 10.2. The van der Waals surface area contributed by atoms with Gasteiger partial charge in [0.1, 0.15) is 17.4 Å². The van der Waals surface area contributed by atoms with E-state index >= 15 is 0 Å². The van der Waals surface area contributed by atoms with Crippen molar-refractivity contribution in [3.05, 3.63) is 51.7 Å². The highest BCUT2D eigenvalue weighted by Crippen LogP contribution is 2.33. The van der Waals surface area contributed by atoms with E-state index < -0.39 is 11.6 Å². The molecule has 2 aromatic rings. The van der Waals surface area contributed by atoms with Crippen LogP contribution < -0.4 is 10.1 Å². The Morgan fingerprint density at radius 1 is 1.24 bits per heavy atom. The van der Waals surface area contributed by atoms with E-state index in [0.717, 1.165) is 23.6 Å². The Kier molecular flexibility index (Phi) is 5.70. The van der Waals surface area contributed by atoms with E-state index in [4.69, 9.17) is 4.74 Å². The molecule has 0 aliphatic heterocycles. The lowest BCUT2D eigenvalue weighted by Crippen LogP contribution is -2.24. The second-order valence-electron chi connectivity index (χ2n) is 4.76. The van der Waals surface area contributed by atoms with E-state index in [1.165, 1.54) is 29.5 Å². The molecule has 0 spiro atoms. The van der Waals surface area contributed by atoms with Gasteiger partial charge in [-0.3, -0.25) is 0 Å². The van der Waals surface area contributed by atoms with Crippen LogP contribution in [0.25, 0.3) is 0 Å². The third kappa shape index (κ3) is 3.80. The molecule has 0 aliphatic carbocycles. The summed E-state index contributed by atoms with van der Waals surface area (Å²) in [6, 6.07) is 5.68. The van der Waals surface area contributed by atoms with Gasteiger partial charge in [-0.05, 0) is 43.0 Å². The van der Waals surface area contributed by atoms with Crippen LogP contribution in [0.4, 0.5) is 8.78 Å². The molecule has 5 heteroatoms. The number of methoxy groups -OCH3 is 1. The number of nitrogens with one attached hydrogen (secondary N) is 1. The summed E-state index contributed by atoms with van der Waals surface area (Å²) in [5.41, 5.74) is 0.113. The molecular weight excluding hydrogens is 292 g/mol. The van der Waals surface area contributed by atoms with Gasteiger partial charge >= 0.3 is 0 Å². The number of hydrogen-bond donors (Lipinski definition) is 1. The summed E-state index contributed by atoms with van der Waals surface area (Å²) in [6.45, 7) is 2.83. The average Bonchev–Trinajstić information content (AvgIpc) is 2.94. The zero-order valence-corrected chi connectivity index (χ0v) is 13.0. The molecule has 1 aromatic heterocycles. The number of benzene rings is 1. The fourth-order valence-corrected chi connectivity index (χ4v) is 3.18. The summed E-state index contributed by atoms with van der Waals surface area (Å²) in [7, 11) is 1.60. The van der Waals surface area contributed by atoms with Gasteiger partial charge in [0.05, 0.1) is 12.0 Å². The highest BCUT2D eigenvalue weighted by molar-refractivity contribution is 7.10. The molecule has 0 radical (unpaired) electrons. The standard InChI is InChI=1S/C16H19F2NOS/c1-3-8-19-14(16-15(20-2)7-9-21-16)10-11-12(17)5-4-6-13(11)18/h4-7,9,14,19H,3,8,10H2,1-2H3. The van der Waals surface area contributed by atoms with Gasteiger partial charge in [0.15, 0.2) is 0 Å². The summed E-state index contributed by atoms with van der Waals surface area (Å²) >= 11 is 1.53. The first-order valence-electron chi connectivity index (χ1n) is 6.95. The van der Waals surface area contributed by atoms with Crippen molar-refractivity contribution in [2.45, 2.75) is 25.8 Å². The van der Waals surface area contributed by atoms with Crippen LogP contribution in [0, 0.1) is 11.6 Å². The molecular formula is C16H19F2NOS. The molecule has 0 saturated carbocycles. The van der Waals surface area contributed by atoms with Crippen LogP contribution in [-0.2, 0) is 6.42 Å². The topological polar surface area (TPSA) is 21.3 Å². The van der Waals surface area contributed by atoms with Gasteiger partial charge in [0.2, 0.25) is 0 Å². The van der Waals surface area contributed by atoms with Crippen molar-refractivity contribution in [1.82, 2.24) is 5.32 Å². The first-order valence-corrected chi connectivity index (χ1v) is 7.83. The molecule has 1 heterocycles. The Balaban J connectivity index is 2.28. The summed E-state index contributed by atoms with van der Waals surface area (Å²) < 4.78 is 33.1. The molecule has 0 amide bonds. The van der Waals surface area contributed by atoms with E-state index in [2.05, 4.69) is 12.2 Å². The van der Waals surface area contributed by atoms with Crippen molar-refractivity contribution in [2.24, 2.45) is 0 Å². The Hall–Kier alpha value is -1.46. The van der Waals surface area contributed by atoms with Crippen LogP contribution in [0.2, 0.25) is 0 Å². The zero-order valence-electron chi connectivity index (χ0n) is 12.2. The Morgan fingerprint density at radius 3 is 2.57 bits per heavy atom. The van der Waals surface area contributed by atoms with Gasteiger partial charge in [-0.1, -0.05) is 13.0 Å². The van der Waals surface area contributed by atoms with Gasteiger partial charge in [-0.2, -0.15) is 0 Å². The smallest absolute Gasteiger partial charge is 0.134 e. The molecule has 2 rings (SSSR count). The van der Waals surface area contributed by atoms with E-state index in [1.54, 1.807) is 7.11 Å². The van der Waals surface area contributed by atoms with Gasteiger partial charge in [-0.15, -0.1) is 11.3 Å². The number of thiophene rings is 1. The quantitative estimate of drug-likeness (QED) is 0.822. The van der Waals surface area contributed by atoms with Crippen LogP contribution in [-0.4, -0.2) is 13.7 Å². The molecule has 0 saturated heterocycles. The number of rotatable bonds is 7. The maximum atomic E-state index is 13.9. The minimum Gasteiger partial charge on any atom is -0.496 e. The van der Waals surface area contributed by atoms with Crippen molar-refractivity contribution >= 4 is 11.3 Å². The summed E-state index contributed by atoms with van der Waals surface area (Å²) in [5, 5.41) is 5.27. The summed E-state index contributed by atoms with van der Waals surface area (Å²) in [6.07, 6.45) is 1.21. The molecule has 1 N–H and O–H groups in total. The van der Waals surface area contributed by atoms with Crippen LogP contribution >= 0.6 is 11.3 Å².